The second-order valence-electron chi connectivity index (χ2n) is 7.77. The van der Waals surface area contributed by atoms with E-state index in [2.05, 4.69) is 0 Å². The van der Waals surface area contributed by atoms with Crippen LogP contribution in [0.2, 0.25) is 0 Å². The third kappa shape index (κ3) is 1.93. The van der Waals surface area contributed by atoms with Gasteiger partial charge in [-0.3, -0.25) is 0 Å². The molecule has 4 N–H and O–H groups in total. The molecule has 0 saturated heterocycles. The van der Waals surface area contributed by atoms with Crippen LogP contribution in [0.3, 0.4) is 0 Å². The van der Waals surface area contributed by atoms with Gasteiger partial charge in [-0.05, 0) is 66.7 Å². The molecular formula is C24H18O4. The van der Waals surface area contributed by atoms with Crippen LogP contribution in [-0.4, -0.2) is 32.6 Å². The van der Waals surface area contributed by atoms with E-state index in [0.717, 1.165) is 54.6 Å². The number of aliphatic hydroxyl groups excluding tert-OH is 4. The molecule has 4 aromatic rings. The van der Waals surface area contributed by atoms with E-state index in [0.29, 0.717) is 0 Å². The number of fused-ring (bicyclic) bond motifs is 4. The molecule has 4 nitrogen and oxygen atoms in total. The van der Waals surface area contributed by atoms with Gasteiger partial charge in [0.15, 0.2) is 0 Å². The summed E-state index contributed by atoms with van der Waals surface area (Å²) in [5.41, 5.74) is 3.34. The van der Waals surface area contributed by atoms with E-state index < -0.39 is 24.4 Å². The van der Waals surface area contributed by atoms with E-state index in [-0.39, 0.29) is 0 Å². The van der Waals surface area contributed by atoms with Gasteiger partial charge in [-0.1, -0.05) is 48.6 Å². The molecular weight excluding hydrogens is 352 g/mol. The molecule has 4 atom stereocenters. The Kier molecular flexibility index (Phi) is 3.13. The molecule has 0 aromatic heterocycles. The van der Waals surface area contributed by atoms with Crippen LogP contribution in [0.4, 0.5) is 0 Å². The van der Waals surface area contributed by atoms with Crippen molar-refractivity contribution in [1.29, 1.82) is 0 Å². The van der Waals surface area contributed by atoms with Gasteiger partial charge in [0.1, 0.15) is 24.4 Å². The van der Waals surface area contributed by atoms with Crippen molar-refractivity contribution < 1.29 is 20.4 Å². The Morgan fingerprint density at radius 1 is 0.571 bits per heavy atom. The van der Waals surface area contributed by atoms with Crippen molar-refractivity contribution in [3.63, 3.8) is 0 Å². The Bertz CT molecular complexity index is 1230. The fourth-order valence-electron chi connectivity index (χ4n) is 4.87. The van der Waals surface area contributed by atoms with Gasteiger partial charge in [0, 0.05) is 0 Å². The summed E-state index contributed by atoms with van der Waals surface area (Å²) in [5.74, 6) is 0. The average molecular weight is 370 g/mol. The first-order valence-electron chi connectivity index (χ1n) is 9.41. The summed E-state index contributed by atoms with van der Waals surface area (Å²) in [7, 11) is 0. The lowest BCUT2D eigenvalue weighted by atomic mass is 9.81. The third-order valence-electron chi connectivity index (χ3n) is 6.25. The lowest BCUT2D eigenvalue weighted by molar-refractivity contribution is 0.0472. The van der Waals surface area contributed by atoms with Crippen LogP contribution in [0.15, 0.2) is 48.6 Å². The number of hydrogen-bond acceptors (Lipinski definition) is 4. The number of benzene rings is 4. The molecule has 0 radical (unpaired) electrons. The highest BCUT2D eigenvalue weighted by atomic mass is 16.3. The number of rotatable bonds is 0. The minimum atomic E-state index is -0.936. The predicted octanol–water partition coefficient (Wildman–Crippen LogP) is 3.43. The van der Waals surface area contributed by atoms with E-state index in [1.807, 2.05) is 48.6 Å². The van der Waals surface area contributed by atoms with Gasteiger partial charge in [0.2, 0.25) is 0 Å². The SMILES string of the molecule is O[C@@H]1C=Cc2c(cc3ccc4cc5c(c6ccc2c3c46)C=C[C@H](O)[C@H]5O)[C@H]1O. The van der Waals surface area contributed by atoms with Crippen molar-refractivity contribution in [2.24, 2.45) is 0 Å². The summed E-state index contributed by atoms with van der Waals surface area (Å²) < 4.78 is 0. The molecule has 2 aliphatic rings. The van der Waals surface area contributed by atoms with Crippen LogP contribution in [0.25, 0.3) is 44.5 Å². The van der Waals surface area contributed by atoms with Crippen LogP contribution >= 0.6 is 0 Å². The molecule has 0 aliphatic heterocycles. The topological polar surface area (TPSA) is 80.9 Å². The Labute approximate surface area is 160 Å². The lowest BCUT2D eigenvalue weighted by Crippen LogP contribution is -2.20. The summed E-state index contributed by atoms with van der Waals surface area (Å²) >= 11 is 0. The molecule has 0 heterocycles. The summed E-state index contributed by atoms with van der Waals surface area (Å²) in [6.45, 7) is 0. The van der Waals surface area contributed by atoms with Crippen molar-refractivity contribution in [3.05, 3.63) is 70.8 Å². The minimum Gasteiger partial charge on any atom is -0.386 e. The average Bonchev–Trinajstić information content (AvgIpc) is 2.71. The molecule has 0 amide bonds. The standard InChI is InChI=1S/C24H18O4/c25-19-7-5-13-15-3-4-16-14-6-8-20(26)24(28)18(14)10-12-2-1-11(21(15)22(12)16)9-17(13)23(19)27/h1-10,19-20,23-28H/t19-,20+,23-,24+. The monoisotopic (exact) mass is 370 g/mol. The quantitative estimate of drug-likeness (QED) is 0.358. The molecule has 4 heteroatoms. The molecule has 28 heavy (non-hydrogen) atoms. The van der Waals surface area contributed by atoms with Gasteiger partial charge in [-0.25, -0.2) is 0 Å². The zero-order valence-corrected chi connectivity index (χ0v) is 14.9. The highest BCUT2D eigenvalue weighted by molar-refractivity contribution is 6.26. The maximum absolute atomic E-state index is 10.5. The predicted molar refractivity (Wildman–Crippen MR) is 110 cm³/mol. The van der Waals surface area contributed by atoms with Crippen LogP contribution in [0, 0.1) is 0 Å². The summed E-state index contributed by atoms with van der Waals surface area (Å²) in [6.07, 6.45) is 3.36. The molecule has 0 spiro atoms. The maximum atomic E-state index is 10.5. The van der Waals surface area contributed by atoms with Gasteiger partial charge in [-0.15, -0.1) is 0 Å². The zero-order valence-electron chi connectivity index (χ0n) is 14.9. The summed E-state index contributed by atoms with van der Waals surface area (Å²) in [5, 5.41) is 47.3. The normalized spacial score (nSPS) is 26.3. The highest BCUT2D eigenvalue weighted by Gasteiger charge is 2.28. The van der Waals surface area contributed by atoms with Crippen molar-refractivity contribution in [1.82, 2.24) is 0 Å². The molecule has 0 fully saturated rings. The fraction of sp³-hybridized carbons (Fsp3) is 0.167. The van der Waals surface area contributed by atoms with E-state index in [9.17, 15) is 20.4 Å². The largest absolute Gasteiger partial charge is 0.386 e. The van der Waals surface area contributed by atoms with Crippen LogP contribution in [0.1, 0.15) is 34.5 Å². The first-order chi connectivity index (χ1) is 13.5. The Morgan fingerprint density at radius 3 is 1.43 bits per heavy atom. The number of aliphatic hydroxyl groups is 4. The summed E-state index contributed by atoms with van der Waals surface area (Å²) in [4.78, 5) is 0. The minimum absolute atomic E-state index is 0.737. The highest BCUT2D eigenvalue weighted by Crippen LogP contribution is 2.44. The smallest absolute Gasteiger partial charge is 0.109 e. The van der Waals surface area contributed by atoms with Gasteiger partial charge in [0.25, 0.3) is 0 Å². The van der Waals surface area contributed by atoms with E-state index in [1.165, 1.54) is 0 Å². The molecule has 138 valence electrons. The fourth-order valence-corrected chi connectivity index (χ4v) is 4.87. The van der Waals surface area contributed by atoms with Crippen LogP contribution < -0.4 is 0 Å². The molecule has 0 saturated carbocycles. The first kappa shape index (κ1) is 16.2. The molecule has 4 aromatic carbocycles. The van der Waals surface area contributed by atoms with Gasteiger partial charge < -0.3 is 20.4 Å². The van der Waals surface area contributed by atoms with Crippen molar-refractivity contribution >= 4 is 44.5 Å². The van der Waals surface area contributed by atoms with Crippen molar-refractivity contribution in [3.8, 4) is 0 Å². The van der Waals surface area contributed by atoms with Gasteiger partial charge in [0.05, 0.1) is 0 Å². The van der Waals surface area contributed by atoms with Crippen molar-refractivity contribution in [2.75, 3.05) is 0 Å². The number of hydrogen-bond donors (Lipinski definition) is 4. The van der Waals surface area contributed by atoms with E-state index >= 15 is 0 Å². The maximum Gasteiger partial charge on any atom is 0.109 e. The Balaban J connectivity index is 1.79. The van der Waals surface area contributed by atoms with E-state index in [4.69, 9.17) is 0 Å². The third-order valence-corrected chi connectivity index (χ3v) is 6.25. The molecule has 0 unspecified atom stereocenters. The van der Waals surface area contributed by atoms with Gasteiger partial charge in [-0.2, -0.15) is 0 Å². The lowest BCUT2D eigenvalue weighted by Gasteiger charge is -2.27. The second kappa shape index (κ2) is 5.40. The summed E-state index contributed by atoms with van der Waals surface area (Å²) in [6, 6.07) is 12.0. The Hall–Kier alpha value is -2.76. The van der Waals surface area contributed by atoms with Crippen molar-refractivity contribution in [2.45, 2.75) is 24.4 Å². The van der Waals surface area contributed by atoms with Crippen LogP contribution in [-0.2, 0) is 0 Å². The van der Waals surface area contributed by atoms with Crippen LogP contribution in [0.5, 0.6) is 0 Å². The molecule has 0 bridgehead atoms. The molecule has 2 aliphatic carbocycles. The zero-order chi connectivity index (χ0) is 19.2. The molecule has 6 rings (SSSR count). The van der Waals surface area contributed by atoms with E-state index in [1.54, 1.807) is 12.2 Å². The Morgan fingerprint density at radius 2 is 1.00 bits per heavy atom. The van der Waals surface area contributed by atoms with Gasteiger partial charge >= 0.3 is 0 Å². The second-order valence-corrected chi connectivity index (χ2v) is 7.77. The first-order valence-corrected chi connectivity index (χ1v) is 9.41.